The van der Waals surface area contributed by atoms with Crippen molar-refractivity contribution in [2.24, 2.45) is 0 Å². The van der Waals surface area contributed by atoms with Crippen LogP contribution in [0.3, 0.4) is 0 Å². The molecule has 15 heteroatoms. The lowest BCUT2D eigenvalue weighted by atomic mass is 10.1. The van der Waals surface area contributed by atoms with Gasteiger partial charge < -0.3 is 24.8 Å². The van der Waals surface area contributed by atoms with Gasteiger partial charge in [0.1, 0.15) is 0 Å². The molecule has 41 heavy (non-hydrogen) atoms. The lowest BCUT2D eigenvalue weighted by Gasteiger charge is -2.37. The molecule has 0 aliphatic carbocycles. The molecule has 0 radical (unpaired) electrons. The molecule has 3 aliphatic rings. The number of nitrogens with zero attached hydrogens (tertiary/aromatic N) is 6. The van der Waals surface area contributed by atoms with E-state index in [1.807, 2.05) is 17.0 Å². The van der Waals surface area contributed by atoms with Crippen molar-refractivity contribution in [1.29, 1.82) is 0 Å². The number of amides is 2. The number of ether oxygens (including phenoxy) is 1. The summed E-state index contributed by atoms with van der Waals surface area (Å²) in [6, 6.07) is 3.99. The van der Waals surface area contributed by atoms with Crippen LogP contribution in [0, 0.1) is 0 Å². The highest BCUT2D eigenvalue weighted by Gasteiger charge is 2.37. The van der Waals surface area contributed by atoms with Gasteiger partial charge in [0.15, 0.2) is 11.6 Å². The zero-order valence-electron chi connectivity index (χ0n) is 22.2. The van der Waals surface area contributed by atoms with Crippen LogP contribution in [0.4, 0.5) is 48.5 Å². The minimum atomic E-state index is -5.00. The summed E-state index contributed by atoms with van der Waals surface area (Å²) in [7, 11) is 0. The molecule has 3 aliphatic heterocycles. The van der Waals surface area contributed by atoms with Crippen LogP contribution in [0.25, 0.3) is 0 Å². The number of aromatic nitrogens is 2. The SMILES string of the molecule is O=C(Nc1cc(C(F)(F)F)cc(C(F)(F)F)c1)N1CCN(c2ccc(N3CCN(CC4CCCO4)CC3)nn2)CC1. The van der Waals surface area contributed by atoms with Gasteiger partial charge in [-0.2, -0.15) is 26.3 Å². The standard InChI is InChI=1S/C26H31F6N7O2/c27-25(28,29)18-14-19(26(30,31)32)16-20(15-18)33-24(40)39-11-9-38(10-12-39)23-4-3-22(34-35-23)37-7-5-36(6-8-37)17-21-2-1-13-41-21/h3-4,14-16,21H,1-2,5-13,17H2,(H,33,40). The van der Waals surface area contributed by atoms with E-state index in [1.54, 1.807) is 0 Å². The molecule has 5 rings (SSSR count). The Kier molecular flexibility index (Phi) is 8.45. The Hall–Kier alpha value is -3.33. The molecule has 1 unspecified atom stereocenters. The minimum Gasteiger partial charge on any atom is -0.377 e. The number of carbonyl (C=O) groups is 1. The molecule has 3 fully saturated rings. The second kappa shape index (κ2) is 11.9. The van der Waals surface area contributed by atoms with E-state index in [1.165, 1.54) is 4.90 Å². The van der Waals surface area contributed by atoms with Gasteiger partial charge in [0.25, 0.3) is 0 Å². The molecule has 0 saturated carbocycles. The summed E-state index contributed by atoms with van der Waals surface area (Å²) in [6.07, 6.45) is -7.43. The molecule has 0 bridgehead atoms. The quantitative estimate of drug-likeness (QED) is 0.527. The van der Waals surface area contributed by atoms with Crippen LogP contribution in [0.15, 0.2) is 30.3 Å². The number of anilines is 3. The molecule has 3 saturated heterocycles. The number of benzene rings is 1. The van der Waals surface area contributed by atoms with Crippen molar-refractivity contribution < 1.29 is 35.9 Å². The summed E-state index contributed by atoms with van der Waals surface area (Å²) in [5, 5.41) is 10.9. The number of carbonyl (C=O) groups excluding carboxylic acids is 1. The second-order valence-corrected chi connectivity index (χ2v) is 10.4. The van der Waals surface area contributed by atoms with Crippen LogP contribution in [0.1, 0.15) is 24.0 Å². The number of halogens is 6. The number of rotatable bonds is 5. The maximum absolute atomic E-state index is 13.1. The van der Waals surface area contributed by atoms with Crippen molar-refractivity contribution in [1.82, 2.24) is 20.0 Å². The van der Waals surface area contributed by atoms with Gasteiger partial charge in [-0.05, 0) is 43.2 Å². The zero-order valence-corrected chi connectivity index (χ0v) is 22.2. The van der Waals surface area contributed by atoms with Crippen LogP contribution in [0.2, 0.25) is 0 Å². The Labute approximate surface area is 233 Å². The molecule has 1 aromatic carbocycles. The molecule has 1 atom stereocenters. The van der Waals surface area contributed by atoms with Crippen molar-refractivity contribution in [2.75, 3.05) is 80.6 Å². The van der Waals surface area contributed by atoms with Crippen LogP contribution in [-0.4, -0.2) is 97.6 Å². The molecule has 1 N–H and O–H groups in total. The van der Waals surface area contributed by atoms with Crippen molar-refractivity contribution in [2.45, 2.75) is 31.3 Å². The molecule has 4 heterocycles. The van der Waals surface area contributed by atoms with E-state index in [9.17, 15) is 31.1 Å². The van der Waals surface area contributed by atoms with Gasteiger partial charge in [0, 0.05) is 71.2 Å². The first kappa shape index (κ1) is 29.2. The fourth-order valence-electron chi connectivity index (χ4n) is 5.26. The number of alkyl halides is 6. The first-order valence-corrected chi connectivity index (χ1v) is 13.5. The van der Waals surface area contributed by atoms with E-state index in [-0.39, 0.29) is 19.2 Å². The van der Waals surface area contributed by atoms with Crippen LogP contribution >= 0.6 is 0 Å². The monoisotopic (exact) mass is 587 g/mol. The Morgan fingerprint density at radius 3 is 1.83 bits per heavy atom. The minimum absolute atomic E-state index is 0.0212. The van der Waals surface area contributed by atoms with Crippen molar-refractivity contribution in [3.05, 3.63) is 41.5 Å². The third-order valence-electron chi connectivity index (χ3n) is 7.55. The Morgan fingerprint density at radius 1 is 0.829 bits per heavy atom. The summed E-state index contributed by atoms with van der Waals surface area (Å²) in [4.78, 5) is 20.5. The van der Waals surface area contributed by atoms with Crippen molar-refractivity contribution in [3.8, 4) is 0 Å². The van der Waals surface area contributed by atoms with E-state index in [2.05, 4.69) is 25.3 Å². The maximum Gasteiger partial charge on any atom is 0.416 e. The van der Waals surface area contributed by atoms with Gasteiger partial charge in [0.05, 0.1) is 17.2 Å². The number of urea groups is 1. The summed E-state index contributed by atoms with van der Waals surface area (Å²) in [5.41, 5.74) is -3.56. The summed E-state index contributed by atoms with van der Waals surface area (Å²) in [6.45, 7) is 6.48. The third kappa shape index (κ3) is 7.31. The number of piperazine rings is 2. The zero-order chi connectivity index (χ0) is 29.2. The van der Waals surface area contributed by atoms with E-state index in [0.29, 0.717) is 37.1 Å². The first-order valence-electron chi connectivity index (χ1n) is 13.5. The summed E-state index contributed by atoms with van der Waals surface area (Å²) >= 11 is 0. The normalized spacial score (nSPS) is 20.9. The number of hydrogen-bond acceptors (Lipinski definition) is 7. The molecular weight excluding hydrogens is 556 g/mol. The molecule has 9 nitrogen and oxygen atoms in total. The van der Waals surface area contributed by atoms with E-state index >= 15 is 0 Å². The van der Waals surface area contributed by atoms with E-state index < -0.39 is 35.2 Å². The van der Waals surface area contributed by atoms with Crippen LogP contribution in [-0.2, 0) is 17.1 Å². The topological polar surface area (TPSA) is 77.1 Å². The van der Waals surface area contributed by atoms with Crippen LogP contribution in [0.5, 0.6) is 0 Å². The highest BCUT2D eigenvalue weighted by molar-refractivity contribution is 5.89. The lowest BCUT2D eigenvalue weighted by Crippen LogP contribution is -2.50. The predicted molar refractivity (Wildman–Crippen MR) is 139 cm³/mol. The smallest absolute Gasteiger partial charge is 0.377 e. The third-order valence-corrected chi connectivity index (χ3v) is 7.55. The van der Waals surface area contributed by atoms with Gasteiger partial charge in [-0.15, -0.1) is 10.2 Å². The lowest BCUT2D eigenvalue weighted by molar-refractivity contribution is -0.143. The molecule has 224 valence electrons. The molecule has 2 aromatic rings. The molecular formula is C26H31F6N7O2. The van der Waals surface area contributed by atoms with Gasteiger partial charge in [-0.25, -0.2) is 4.79 Å². The van der Waals surface area contributed by atoms with Gasteiger partial charge in [-0.1, -0.05) is 0 Å². The Bertz CT molecular complexity index is 1160. The van der Waals surface area contributed by atoms with Gasteiger partial charge in [0.2, 0.25) is 0 Å². The predicted octanol–water partition coefficient (Wildman–Crippen LogP) is 4.17. The highest BCUT2D eigenvalue weighted by atomic mass is 19.4. The molecule has 2 amide bonds. The Balaban J connectivity index is 1.12. The number of nitrogens with one attached hydrogen (secondary N) is 1. The molecule has 0 spiro atoms. The fourth-order valence-corrected chi connectivity index (χ4v) is 5.26. The average Bonchev–Trinajstić information content (AvgIpc) is 3.46. The largest absolute Gasteiger partial charge is 0.416 e. The second-order valence-electron chi connectivity index (χ2n) is 10.4. The van der Waals surface area contributed by atoms with Gasteiger partial charge >= 0.3 is 18.4 Å². The first-order chi connectivity index (χ1) is 19.5. The number of hydrogen-bond donors (Lipinski definition) is 1. The van der Waals surface area contributed by atoms with Gasteiger partial charge in [-0.3, -0.25) is 4.90 Å². The van der Waals surface area contributed by atoms with Crippen molar-refractivity contribution in [3.63, 3.8) is 0 Å². The van der Waals surface area contributed by atoms with Crippen LogP contribution < -0.4 is 15.1 Å². The van der Waals surface area contributed by atoms with Crippen molar-refractivity contribution >= 4 is 23.4 Å². The summed E-state index contributed by atoms with van der Waals surface area (Å²) in [5.74, 6) is 1.40. The highest BCUT2D eigenvalue weighted by Crippen LogP contribution is 2.37. The average molecular weight is 588 g/mol. The Morgan fingerprint density at radius 2 is 1.37 bits per heavy atom. The molecule has 1 aromatic heterocycles. The summed E-state index contributed by atoms with van der Waals surface area (Å²) < 4.78 is 84.5. The maximum atomic E-state index is 13.1. The fraction of sp³-hybridized carbons (Fsp3) is 0.577. The van der Waals surface area contributed by atoms with E-state index in [4.69, 9.17) is 4.74 Å². The van der Waals surface area contributed by atoms with E-state index in [0.717, 1.165) is 58.0 Å².